The van der Waals surface area contributed by atoms with E-state index in [2.05, 4.69) is 41.6 Å². The van der Waals surface area contributed by atoms with E-state index in [1.54, 1.807) is 12.1 Å². The van der Waals surface area contributed by atoms with Gasteiger partial charge in [0.05, 0.1) is 12.2 Å². The fourth-order valence-electron chi connectivity index (χ4n) is 2.58. The van der Waals surface area contributed by atoms with Crippen molar-refractivity contribution in [1.82, 2.24) is 9.78 Å². The van der Waals surface area contributed by atoms with Crippen LogP contribution in [-0.2, 0) is 13.0 Å². The Morgan fingerprint density at radius 2 is 1.58 bits per heavy atom. The fourth-order valence-corrected chi connectivity index (χ4v) is 2.58. The van der Waals surface area contributed by atoms with Gasteiger partial charge in [-0.15, -0.1) is 0 Å². The fraction of sp³-hybridized carbons (Fsp3) is 0.200. The highest BCUT2D eigenvalue weighted by Crippen LogP contribution is 2.18. The minimum atomic E-state index is -0.0924. The van der Waals surface area contributed by atoms with E-state index in [0.717, 1.165) is 28.9 Å². The third-order valence-electron chi connectivity index (χ3n) is 4.10. The Hall–Kier alpha value is -2.88. The van der Waals surface area contributed by atoms with E-state index in [9.17, 15) is 4.79 Å². The normalized spacial score (nSPS) is 10.6. The maximum atomic E-state index is 12.1. The van der Waals surface area contributed by atoms with Gasteiger partial charge in [-0.25, -0.2) is 4.68 Å². The summed E-state index contributed by atoms with van der Waals surface area (Å²) >= 11 is 0. The summed E-state index contributed by atoms with van der Waals surface area (Å²) in [6, 6.07) is 19.6. The molecular formula is C20H21N3O. The summed E-state index contributed by atoms with van der Waals surface area (Å²) in [5.74, 6) is 0. The van der Waals surface area contributed by atoms with Crippen molar-refractivity contribution in [2.24, 2.45) is 0 Å². The predicted molar refractivity (Wildman–Crippen MR) is 98.4 cm³/mol. The van der Waals surface area contributed by atoms with Gasteiger partial charge in [-0.2, -0.15) is 5.10 Å². The van der Waals surface area contributed by atoms with E-state index >= 15 is 0 Å². The Kier molecular flexibility index (Phi) is 4.75. The Labute approximate surface area is 141 Å². The Morgan fingerprint density at radius 1 is 0.917 bits per heavy atom. The Bertz CT molecular complexity index is 865. The van der Waals surface area contributed by atoms with Gasteiger partial charge in [-0.05, 0) is 35.7 Å². The molecule has 0 radical (unpaired) electrons. The molecule has 0 aliphatic carbocycles. The van der Waals surface area contributed by atoms with Gasteiger partial charge >= 0.3 is 0 Å². The second kappa shape index (κ2) is 7.13. The Morgan fingerprint density at radius 3 is 2.21 bits per heavy atom. The highest BCUT2D eigenvalue weighted by molar-refractivity contribution is 5.62. The number of hydrogen-bond acceptors (Lipinski definition) is 3. The van der Waals surface area contributed by atoms with Crippen LogP contribution in [0.2, 0.25) is 0 Å². The number of benzene rings is 2. The molecule has 122 valence electrons. The zero-order valence-corrected chi connectivity index (χ0v) is 14.0. The highest BCUT2D eigenvalue weighted by Gasteiger charge is 2.05. The zero-order chi connectivity index (χ0) is 16.9. The maximum Gasteiger partial charge on any atom is 0.267 e. The molecule has 2 aromatic carbocycles. The molecule has 3 rings (SSSR count). The van der Waals surface area contributed by atoms with Gasteiger partial charge in [0.15, 0.2) is 0 Å². The lowest BCUT2D eigenvalue weighted by Crippen LogP contribution is -2.22. The van der Waals surface area contributed by atoms with Gasteiger partial charge in [-0.3, -0.25) is 4.79 Å². The standard InChI is InChI=1S/C20H21N3O/c1-3-15-4-6-16(7-5-15)14-23-20(24)13-12-19(22-23)17-8-10-18(21-2)11-9-17/h4-13,21H,3,14H2,1-2H3. The molecule has 0 aliphatic heterocycles. The van der Waals surface area contributed by atoms with Crippen molar-refractivity contribution >= 4 is 5.69 Å². The molecular weight excluding hydrogens is 298 g/mol. The lowest BCUT2D eigenvalue weighted by atomic mass is 10.1. The molecule has 3 aromatic rings. The summed E-state index contributed by atoms with van der Waals surface area (Å²) in [5.41, 5.74) is 5.10. The number of aryl methyl sites for hydroxylation is 1. The second-order valence-corrected chi connectivity index (χ2v) is 5.71. The summed E-state index contributed by atoms with van der Waals surface area (Å²) in [6.07, 6.45) is 1.01. The molecule has 0 unspecified atom stereocenters. The topological polar surface area (TPSA) is 46.9 Å². The number of hydrogen-bond donors (Lipinski definition) is 1. The van der Waals surface area contributed by atoms with Crippen LogP contribution in [0.3, 0.4) is 0 Å². The molecule has 0 spiro atoms. The van der Waals surface area contributed by atoms with E-state index in [0.29, 0.717) is 6.54 Å². The van der Waals surface area contributed by atoms with Crippen LogP contribution in [0, 0.1) is 0 Å². The predicted octanol–water partition coefficient (Wildman–Crippen LogP) is 3.56. The molecule has 4 nitrogen and oxygen atoms in total. The van der Waals surface area contributed by atoms with Crippen molar-refractivity contribution in [1.29, 1.82) is 0 Å². The largest absolute Gasteiger partial charge is 0.388 e. The summed E-state index contributed by atoms with van der Waals surface area (Å²) < 4.78 is 1.52. The third kappa shape index (κ3) is 3.54. The SMILES string of the molecule is CCc1ccc(Cn2nc(-c3ccc(NC)cc3)ccc2=O)cc1. The number of rotatable bonds is 5. The molecule has 0 saturated carbocycles. The summed E-state index contributed by atoms with van der Waals surface area (Å²) in [5, 5.41) is 7.61. The summed E-state index contributed by atoms with van der Waals surface area (Å²) in [6.45, 7) is 2.61. The van der Waals surface area contributed by atoms with Gasteiger partial charge < -0.3 is 5.32 Å². The van der Waals surface area contributed by atoms with Crippen LogP contribution in [0.15, 0.2) is 65.5 Å². The van der Waals surface area contributed by atoms with Gasteiger partial charge in [0.1, 0.15) is 0 Å². The van der Waals surface area contributed by atoms with Gasteiger partial charge in [0.25, 0.3) is 5.56 Å². The first kappa shape index (κ1) is 16.0. The Balaban J connectivity index is 1.88. The maximum absolute atomic E-state index is 12.1. The number of aromatic nitrogens is 2. The molecule has 0 amide bonds. The van der Waals surface area contributed by atoms with E-state index < -0.39 is 0 Å². The van der Waals surface area contributed by atoms with Crippen LogP contribution in [0.4, 0.5) is 5.69 Å². The molecule has 1 aromatic heterocycles. The van der Waals surface area contributed by atoms with Crippen LogP contribution < -0.4 is 10.9 Å². The van der Waals surface area contributed by atoms with Gasteiger partial charge in [0.2, 0.25) is 0 Å². The van der Waals surface area contributed by atoms with E-state index in [4.69, 9.17) is 0 Å². The summed E-state index contributed by atoms with van der Waals surface area (Å²) in [4.78, 5) is 12.1. The van der Waals surface area contributed by atoms with Crippen molar-refractivity contribution < 1.29 is 0 Å². The molecule has 1 N–H and O–H groups in total. The smallest absolute Gasteiger partial charge is 0.267 e. The molecule has 0 fully saturated rings. The molecule has 1 heterocycles. The number of anilines is 1. The first-order valence-electron chi connectivity index (χ1n) is 8.14. The monoisotopic (exact) mass is 319 g/mol. The minimum Gasteiger partial charge on any atom is -0.388 e. The van der Waals surface area contributed by atoms with E-state index in [1.165, 1.54) is 10.2 Å². The molecule has 24 heavy (non-hydrogen) atoms. The molecule has 0 atom stereocenters. The van der Waals surface area contributed by atoms with Crippen molar-refractivity contribution in [2.75, 3.05) is 12.4 Å². The lowest BCUT2D eigenvalue weighted by molar-refractivity contribution is 0.642. The van der Waals surface area contributed by atoms with Crippen molar-refractivity contribution in [3.05, 3.63) is 82.1 Å². The van der Waals surface area contributed by atoms with Crippen molar-refractivity contribution in [3.8, 4) is 11.3 Å². The summed E-state index contributed by atoms with van der Waals surface area (Å²) in [7, 11) is 1.89. The van der Waals surface area contributed by atoms with Crippen LogP contribution in [-0.4, -0.2) is 16.8 Å². The molecule has 0 bridgehead atoms. The average molecular weight is 319 g/mol. The first-order chi connectivity index (χ1) is 11.7. The number of nitrogens with one attached hydrogen (secondary N) is 1. The van der Waals surface area contributed by atoms with Crippen LogP contribution >= 0.6 is 0 Å². The van der Waals surface area contributed by atoms with Crippen LogP contribution in [0.1, 0.15) is 18.1 Å². The van der Waals surface area contributed by atoms with Gasteiger partial charge in [-0.1, -0.05) is 43.3 Å². The van der Waals surface area contributed by atoms with Crippen molar-refractivity contribution in [2.45, 2.75) is 19.9 Å². The first-order valence-corrected chi connectivity index (χ1v) is 8.14. The lowest BCUT2D eigenvalue weighted by Gasteiger charge is -2.08. The number of nitrogens with zero attached hydrogens (tertiary/aromatic N) is 2. The van der Waals surface area contributed by atoms with Gasteiger partial charge in [0, 0.05) is 24.4 Å². The van der Waals surface area contributed by atoms with Crippen LogP contribution in [0.5, 0.6) is 0 Å². The van der Waals surface area contributed by atoms with Crippen LogP contribution in [0.25, 0.3) is 11.3 Å². The highest BCUT2D eigenvalue weighted by atomic mass is 16.1. The third-order valence-corrected chi connectivity index (χ3v) is 4.10. The molecule has 4 heteroatoms. The van der Waals surface area contributed by atoms with Crippen molar-refractivity contribution in [3.63, 3.8) is 0 Å². The second-order valence-electron chi connectivity index (χ2n) is 5.71. The van der Waals surface area contributed by atoms with E-state index in [1.807, 2.05) is 31.3 Å². The van der Waals surface area contributed by atoms with E-state index in [-0.39, 0.29) is 5.56 Å². The zero-order valence-electron chi connectivity index (χ0n) is 14.0. The molecule has 0 aliphatic rings. The average Bonchev–Trinajstić information content (AvgIpc) is 2.64. The molecule has 0 saturated heterocycles. The quantitative estimate of drug-likeness (QED) is 0.782. The minimum absolute atomic E-state index is 0.0924.